The third-order valence-electron chi connectivity index (χ3n) is 3.99. The third-order valence-corrected chi connectivity index (χ3v) is 4.89. The number of carbonyl (C=O) groups excluding carboxylic acids is 2. The Morgan fingerprint density at radius 2 is 2.17 bits per heavy atom. The summed E-state index contributed by atoms with van der Waals surface area (Å²) in [7, 11) is 0. The first-order chi connectivity index (χ1) is 11.5. The van der Waals surface area contributed by atoms with Gasteiger partial charge in [-0.15, -0.1) is 10.2 Å². The van der Waals surface area contributed by atoms with Crippen LogP contribution in [0.15, 0.2) is 24.3 Å². The number of nitrogens with zero attached hydrogens (tertiary/aromatic N) is 2. The summed E-state index contributed by atoms with van der Waals surface area (Å²) in [5, 5.41) is 12.1. The molecule has 1 N–H and O–H groups in total. The molecule has 24 heavy (non-hydrogen) atoms. The number of carbonyl (C=O) groups is 2. The largest absolute Gasteiger partial charge is 0.445 e. The van der Waals surface area contributed by atoms with Crippen molar-refractivity contribution in [2.24, 2.45) is 0 Å². The number of anilines is 1. The molecule has 1 aromatic heterocycles. The van der Waals surface area contributed by atoms with E-state index in [0.717, 1.165) is 29.8 Å². The molecule has 2 heterocycles. The summed E-state index contributed by atoms with van der Waals surface area (Å²) in [6.07, 6.45) is 3.30. The Morgan fingerprint density at radius 3 is 2.96 bits per heavy atom. The van der Waals surface area contributed by atoms with Gasteiger partial charge in [-0.25, -0.2) is 4.79 Å². The van der Waals surface area contributed by atoms with E-state index in [1.807, 2.05) is 12.1 Å². The molecule has 1 unspecified atom stereocenters. The van der Waals surface area contributed by atoms with E-state index < -0.39 is 11.6 Å². The second-order valence-corrected chi connectivity index (χ2v) is 7.07. The van der Waals surface area contributed by atoms with E-state index in [1.165, 1.54) is 11.3 Å². The number of cyclic esters (lactones) is 1. The van der Waals surface area contributed by atoms with E-state index in [0.29, 0.717) is 17.1 Å². The van der Waals surface area contributed by atoms with Crippen LogP contribution in [0.25, 0.3) is 0 Å². The van der Waals surface area contributed by atoms with Crippen LogP contribution in [-0.4, -0.2) is 27.7 Å². The van der Waals surface area contributed by atoms with Crippen molar-refractivity contribution < 1.29 is 14.3 Å². The maximum absolute atomic E-state index is 12.6. The van der Waals surface area contributed by atoms with Crippen molar-refractivity contribution in [2.45, 2.75) is 45.1 Å². The van der Waals surface area contributed by atoms with Crippen LogP contribution in [0, 0.1) is 0 Å². The van der Waals surface area contributed by atoms with Crippen molar-refractivity contribution in [3.8, 4) is 0 Å². The molecule has 0 fully saturated rings. The Balaban J connectivity index is 1.73. The number of aromatic nitrogens is 2. The molecule has 0 spiro atoms. The first-order valence-corrected chi connectivity index (χ1v) is 8.78. The summed E-state index contributed by atoms with van der Waals surface area (Å²) < 4.78 is 5.41. The van der Waals surface area contributed by atoms with Crippen LogP contribution in [0.3, 0.4) is 0 Å². The van der Waals surface area contributed by atoms with E-state index in [1.54, 1.807) is 19.1 Å². The molecular formula is C17H19N3O3S. The fourth-order valence-corrected chi connectivity index (χ4v) is 3.40. The van der Waals surface area contributed by atoms with Gasteiger partial charge in [0.25, 0.3) is 5.91 Å². The number of fused-ring (bicyclic) bond motifs is 1. The summed E-state index contributed by atoms with van der Waals surface area (Å²) in [5.74, 6) is -0.862. The lowest BCUT2D eigenvalue weighted by Crippen LogP contribution is -2.48. The lowest BCUT2D eigenvalue weighted by molar-refractivity contribution is -0.134. The highest BCUT2D eigenvalue weighted by Gasteiger charge is 2.42. The molecule has 6 nitrogen and oxygen atoms in total. The zero-order valence-electron chi connectivity index (χ0n) is 13.7. The minimum absolute atomic E-state index is 0.336. The normalized spacial score (nSPS) is 19.5. The molecule has 1 aliphatic heterocycles. The molecule has 7 heteroatoms. The first-order valence-electron chi connectivity index (χ1n) is 7.97. The third kappa shape index (κ3) is 3.31. The minimum Gasteiger partial charge on any atom is -0.445 e. The van der Waals surface area contributed by atoms with Crippen molar-refractivity contribution in [1.29, 1.82) is 0 Å². The standard InChI is InChI=1S/C17H19N3O3S/c1-3-4-9-13-19-20-16(24-13)18-15(22)17(2)10-11-7-5-6-8-12(11)14(21)23-17/h5-8H,3-4,9-10H2,1-2H3,(H,18,20,22). The molecule has 0 aliphatic carbocycles. The monoisotopic (exact) mass is 345 g/mol. The topological polar surface area (TPSA) is 81.2 Å². The Hall–Kier alpha value is -2.28. The number of hydrogen-bond donors (Lipinski definition) is 1. The number of hydrogen-bond acceptors (Lipinski definition) is 6. The van der Waals surface area contributed by atoms with Gasteiger partial charge in [-0.3, -0.25) is 10.1 Å². The Labute approximate surface area is 144 Å². The molecule has 1 amide bonds. The predicted molar refractivity (Wildman–Crippen MR) is 91.1 cm³/mol. The maximum Gasteiger partial charge on any atom is 0.339 e. The van der Waals surface area contributed by atoms with Gasteiger partial charge in [-0.05, 0) is 25.0 Å². The smallest absolute Gasteiger partial charge is 0.339 e. The molecule has 0 saturated heterocycles. The number of ether oxygens (including phenoxy) is 1. The molecule has 1 aliphatic rings. The number of rotatable bonds is 5. The van der Waals surface area contributed by atoms with Crippen molar-refractivity contribution in [2.75, 3.05) is 5.32 Å². The van der Waals surface area contributed by atoms with Gasteiger partial charge in [0.15, 0.2) is 5.60 Å². The number of esters is 1. The molecular weight excluding hydrogens is 326 g/mol. The van der Waals surface area contributed by atoms with Crippen molar-refractivity contribution in [3.05, 3.63) is 40.4 Å². The van der Waals surface area contributed by atoms with Gasteiger partial charge in [-0.1, -0.05) is 42.9 Å². The van der Waals surface area contributed by atoms with Crippen LogP contribution >= 0.6 is 11.3 Å². The Morgan fingerprint density at radius 1 is 1.38 bits per heavy atom. The van der Waals surface area contributed by atoms with Crippen LogP contribution in [0.4, 0.5) is 5.13 Å². The van der Waals surface area contributed by atoms with Crippen molar-refractivity contribution in [1.82, 2.24) is 10.2 Å². The van der Waals surface area contributed by atoms with E-state index in [2.05, 4.69) is 22.4 Å². The fourth-order valence-electron chi connectivity index (χ4n) is 2.62. The Kier molecular flexibility index (Phi) is 4.62. The van der Waals surface area contributed by atoms with Crippen LogP contribution in [-0.2, 0) is 22.4 Å². The number of amides is 1. The fraction of sp³-hybridized carbons (Fsp3) is 0.412. The van der Waals surface area contributed by atoms with Crippen molar-refractivity contribution in [3.63, 3.8) is 0 Å². The predicted octanol–water partition coefficient (Wildman–Crippen LogP) is 2.99. The molecule has 0 bridgehead atoms. The van der Waals surface area contributed by atoms with Gasteiger partial charge in [0.1, 0.15) is 5.01 Å². The average molecular weight is 345 g/mol. The number of nitrogens with one attached hydrogen (secondary N) is 1. The molecule has 0 saturated carbocycles. The van der Waals surface area contributed by atoms with Gasteiger partial charge >= 0.3 is 5.97 Å². The van der Waals surface area contributed by atoms with Crippen LogP contribution in [0.1, 0.15) is 47.6 Å². The van der Waals surface area contributed by atoms with Crippen LogP contribution in [0.2, 0.25) is 0 Å². The second kappa shape index (κ2) is 6.68. The van der Waals surface area contributed by atoms with Crippen LogP contribution < -0.4 is 5.32 Å². The highest BCUT2D eigenvalue weighted by atomic mass is 32.1. The minimum atomic E-state index is -1.25. The summed E-state index contributed by atoms with van der Waals surface area (Å²) in [6, 6.07) is 7.18. The number of aryl methyl sites for hydroxylation is 1. The molecule has 3 rings (SSSR count). The quantitative estimate of drug-likeness (QED) is 0.843. The summed E-state index contributed by atoms with van der Waals surface area (Å²) >= 11 is 1.36. The summed E-state index contributed by atoms with van der Waals surface area (Å²) in [5.41, 5.74) is 0.0774. The van der Waals surface area contributed by atoms with Gasteiger partial charge in [0.05, 0.1) is 5.56 Å². The van der Waals surface area contributed by atoms with Gasteiger partial charge in [0.2, 0.25) is 5.13 Å². The number of benzene rings is 1. The molecule has 1 aromatic carbocycles. The van der Waals surface area contributed by atoms with Gasteiger partial charge in [0, 0.05) is 12.8 Å². The molecule has 1 atom stereocenters. The van der Waals surface area contributed by atoms with E-state index in [-0.39, 0.29) is 5.91 Å². The SMILES string of the molecule is CCCCc1nnc(NC(=O)C2(C)Cc3ccccc3C(=O)O2)s1. The summed E-state index contributed by atoms with van der Waals surface area (Å²) in [4.78, 5) is 24.8. The highest BCUT2D eigenvalue weighted by molar-refractivity contribution is 7.15. The Bertz CT molecular complexity index is 774. The lowest BCUT2D eigenvalue weighted by Gasteiger charge is -2.32. The zero-order chi connectivity index (χ0) is 17.2. The molecule has 126 valence electrons. The van der Waals surface area contributed by atoms with E-state index in [4.69, 9.17) is 4.74 Å². The number of unbranched alkanes of at least 4 members (excludes halogenated alkanes) is 1. The second-order valence-electron chi connectivity index (χ2n) is 6.01. The van der Waals surface area contributed by atoms with Crippen molar-refractivity contribution >= 4 is 28.3 Å². The summed E-state index contributed by atoms with van der Waals surface area (Å²) in [6.45, 7) is 3.73. The van der Waals surface area contributed by atoms with E-state index >= 15 is 0 Å². The zero-order valence-corrected chi connectivity index (χ0v) is 14.5. The molecule has 0 radical (unpaired) electrons. The maximum atomic E-state index is 12.6. The lowest BCUT2D eigenvalue weighted by atomic mass is 9.89. The van der Waals surface area contributed by atoms with Gasteiger partial charge < -0.3 is 4.74 Å². The average Bonchev–Trinajstić information content (AvgIpc) is 3.00. The molecule has 2 aromatic rings. The highest BCUT2D eigenvalue weighted by Crippen LogP contribution is 2.29. The van der Waals surface area contributed by atoms with Crippen LogP contribution in [0.5, 0.6) is 0 Å². The van der Waals surface area contributed by atoms with Gasteiger partial charge in [-0.2, -0.15) is 0 Å². The first kappa shape index (κ1) is 16.6. The van der Waals surface area contributed by atoms with E-state index in [9.17, 15) is 9.59 Å².